The highest BCUT2D eigenvalue weighted by molar-refractivity contribution is 6.31. The van der Waals surface area contributed by atoms with Gasteiger partial charge in [0.25, 0.3) is 0 Å². The van der Waals surface area contributed by atoms with E-state index >= 15 is 0 Å². The van der Waals surface area contributed by atoms with Gasteiger partial charge in [0.2, 0.25) is 5.95 Å². The van der Waals surface area contributed by atoms with Crippen molar-refractivity contribution in [2.45, 2.75) is 6.92 Å². The molecule has 3 N–H and O–H groups in total. The van der Waals surface area contributed by atoms with E-state index in [9.17, 15) is 4.39 Å². The van der Waals surface area contributed by atoms with Crippen LogP contribution in [-0.4, -0.2) is 46.5 Å². The Morgan fingerprint density at radius 3 is 2.64 bits per heavy atom. The number of aromatic nitrogens is 4. The third-order valence-electron chi connectivity index (χ3n) is 4.19. The van der Waals surface area contributed by atoms with Gasteiger partial charge in [-0.15, -0.1) is 0 Å². The lowest BCUT2D eigenvalue weighted by Gasteiger charge is -2.28. The van der Waals surface area contributed by atoms with Gasteiger partial charge in [-0.3, -0.25) is 5.10 Å². The third-order valence-corrected chi connectivity index (χ3v) is 4.48. The quantitative estimate of drug-likeness (QED) is 0.599. The standard InChI is InChI=1S/C18H19ClFN7O/c1-11-8-16(26-25-11)22-15-10-17(27-4-6-28-7-5-27)24-18(23-15)21-12-2-3-14(20)13(19)9-12/h2-3,8-10H,4-7H2,1H3,(H3,21,22,23,24,25,26). The molecule has 1 fully saturated rings. The van der Waals surface area contributed by atoms with E-state index in [0.29, 0.717) is 36.5 Å². The number of aryl methyl sites for hydroxylation is 1. The normalized spacial score (nSPS) is 14.2. The molecule has 10 heteroatoms. The van der Waals surface area contributed by atoms with Crippen LogP contribution >= 0.6 is 11.6 Å². The molecule has 0 atom stereocenters. The first-order valence-electron chi connectivity index (χ1n) is 8.80. The fourth-order valence-electron chi connectivity index (χ4n) is 2.83. The molecule has 0 bridgehead atoms. The number of halogens is 2. The van der Waals surface area contributed by atoms with E-state index in [0.717, 1.165) is 24.6 Å². The molecule has 1 aromatic carbocycles. The van der Waals surface area contributed by atoms with Crippen LogP contribution in [0.2, 0.25) is 5.02 Å². The number of morpholine rings is 1. The second-order valence-corrected chi connectivity index (χ2v) is 6.76. The molecule has 0 spiro atoms. The van der Waals surface area contributed by atoms with E-state index in [-0.39, 0.29) is 5.02 Å². The molecule has 3 aromatic rings. The fourth-order valence-corrected chi connectivity index (χ4v) is 3.01. The highest BCUT2D eigenvalue weighted by atomic mass is 35.5. The Kier molecular flexibility index (Phi) is 5.27. The number of hydrogen-bond donors (Lipinski definition) is 3. The van der Waals surface area contributed by atoms with Crippen LogP contribution in [0.1, 0.15) is 5.69 Å². The predicted octanol–water partition coefficient (Wildman–Crippen LogP) is 3.62. The van der Waals surface area contributed by atoms with Crippen molar-refractivity contribution in [3.8, 4) is 0 Å². The molecule has 1 aliphatic heterocycles. The summed E-state index contributed by atoms with van der Waals surface area (Å²) in [5, 5.41) is 13.3. The number of H-pyrrole nitrogens is 1. The summed E-state index contributed by atoms with van der Waals surface area (Å²) in [5.74, 6) is 1.87. The molecule has 8 nitrogen and oxygen atoms in total. The summed E-state index contributed by atoms with van der Waals surface area (Å²) in [6.45, 7) is 4.67. The van der Waals surface area contributed by atoms with Crippen LogP contribution < -0.4 is 15.5 Å². The van der Waals surface area contributed by atoms with Crippen LogP contribution in [0.25, 0.3) is 0 Å². The summed E-state index contributed by atoms with van der Waals surface area (Å²) in [7, 11) is 0. The Morgan fingerprint density at radius 2 is 1.93 bits per heavy atom. The lowest BCUT2D eigenvalue weighted by atomic mass is 10.3. The van der Waals surface area contributed by atoms with E-state index in [1.807, 2.05) is 19.1 Å². The second kappa shape index (κ2) is 7.99. The highest BCUT2D eigenvalue weighted by Gasteiger charge is 2.16. The molecule has 0 amide bonds. The van der Waals surface area contributed by atoms with Crippen molar-refractivity contribution < 1.29 is 9.13 Å². The predicted molar refractivity (Wildman–Crippen MR) is 106 cm³/mol. The largest absolute Gasteiger partial charge is 0.378 e. The zero-order valence-corrected chi connectivity index (χ0v) is 15.9. The van der Waals surface area contributed by atoms with Crippen LogP contribution in [0.4, 0.5) is 33.5 Å². The molecule has 1 aliphatic rings. The van der Waals surface area contributed by atoms with Crippen molar-refractivity contribution in [3.63, 3.8) is 0 Å². The summed E-state index contributed by atoms with van der Waals surface area (Å²) >= 11 is 5.87. The van der Waals surface area contributed by atoms with Gasteiger partial charge in [-0.05, 0) is 25.1 Å². The third kappa shape index (κ3) is 4.32. The maximum absolute atomic E-state index is 13.4. The molecule has 1 saturated heterocycles. The molecule has 2 aromatic heterocycles. The average molecular weight is 404 g/mol. The van der Waals surface area contributed by atoms with Gasteiger partial charge >= 0.3 is 0 Å². The van der Waals surface area contributed by atoms with Gasteiger partial charge in [-0.1, -0.05) is 11.6 Å². The molecule has 28 heavy (non-hydrogen) atoms. The first-order valence-corrected chi connectivity index (χ1v) is 9.17. The lowest BCUT2D eigenvalue weighted by Crippen LogP contribution is -2.36. The van der Waals surface area contributed by atoms with Crippen molar-refractivity contribution in [2.75, 3.05) is 41.8 Å². The summed E-state index contributed by atoms with van der Waals surface area (Å²) in [6, 6.07) is 8.10. The van der Waals surface area contributed by atoms with Crippen LogP contribution in [-0.2, 0) is 4.74 Å². The molecule has 146 valence electrons. The number of nitrogens with zero attached hydrogens (tertiary/aromatic N) is 4. The van der Waals surface area contributed by atoms with Gasteiger partial charge in [0, 0.05) is 36.6 Å². The first-order chi connectivity index (χ1) is 13.6. The molecule has 0 radical (unpaired) electrons. The number of anilines is 5. The highest BCUT2D eigenvalue weighted by Crippen LogP contribution is 2.25. The zero-order valence-electron chi connectivity index (χ0n) is 15.2. The van der Waals surface area contributed by atoms with Crippen molar-refractivity contribution in [3.05, 3.63) is 46.9 Å². The average Bonchev–Trinajstić information content (AvgIpc) is 3.10. The molecule has 0 unspecified atom stereocenters. The van der Waals surface area contributed by atoms with E-state index in [4.69, 9.17) is 16.3 Å². The monoisotopic (exact) mass is 403 g/mol. The van der Waals surface area contributed by atoms with Crippen molar-refractivity contribution in [1.82, 2.24) is 20.2 Å². The molecule has 4 rings (SSSR count). The Balaban J connectivity index is 1.64. The Labute approximate surface area is 166 Å². The summed E-state index contributed by atoms with van der Waals surface area (Å²) < 4.78 is 18.8. The summed E-state index contributed by atoms with van der Waals surface area (Å²) in [4.78, 5) is 11.2. The maximum atomic E-state index is 13.4. The van der Waals surface area contributed by atoms with Crippen LogP contribution in [0, 0.1) is 12.7 Å². The smallest absolute Gasteiger partial charge is 0.231 e. The van der Waals surface area contributed by atoms with E-state index in [2.05, 4.69) is 35.7 Å². The van der Waals surface area contributed by atoms with E-state index in [1.54, 1.807) is 6.07 Å². The molecule has 3 heterocycles. The van der Waals surface area contributed by atoms with Crippen LogP contribution in [0.15, 0.2) is 30.3 Å². The molecular formula is C18H19ClFN7O. The van der Waals surface area contributed by atoms with Crippen molar-refractivity contribution in [1.29, 1.82) is 0 Å². The van der Waals surface area contributed by atoms with Gasteiger partial charge in [-0.2, -0.15) is 15.1 Å². The van der Waals surface area contributed by atoms with Gasteiger partial charge in [0.05, 0.1) is 18.2 Å². The first kappa shape index (κ1) is 18.5. The van der Waals surface area contributed by atoms with E-state index < -0.39 is 5.82 Å². The number of rotatable bonds is 5. The topological polar surface area (TPSA) is 91.0 Å². The summed E-state index contributed by atoms with van der Waals surface area (Å²) in [5.41, 5.74) is 1.52. The minimum atomic E-state index is -0.480. The second-order valence-electron chi connectivity index (χ2n) is 6.35. The number of benzene rings is 1. The van der Waals surface area contributed by atoms with Crippen LogP contribution in [0.5, 0.6) is 0 Å². The molecular weight excluding hydrogens is 385 g/mol. The van der Waals surface area contributed by atoms with E-state index in [1.165, 1.54) is 12.1 Å². The summed E-state index contributed by atoms with van der Waals surface area (Å²) in [6.07, 6.45) is 0. The van der Waals surface area contributed by atoms with Crippen molar-refractivity contribution >= 4 is 40.7 Å². The van der Waals surface area contributed by atoms with Gasteiger partial charge in [0.1, 0.15) is 17.5 Å². The fraction of sp³-hybridized carbons (Fsp3) is 0.278. The molecule has 0 saturated carbocycles. The van der Waals surface area contributed by atoms with Crippen molar-refractivity contribution in [2.24, 2.45) is 0 Å². The van der Waals surface area contributed by atoms with Gasteiger partial charge < -0.3 is 20.3 Å². The minimum Gasteiger partial charge on any atom is -0.378 e. The SMILES string of the molecule is Cc1cc(Nc2cc(N3CCOCC3)nc(Nc3ccc(F)c(Cl)c3)n2)n[nH]1. The van der Waals surface area contributed by atoms with Gasteiger partial charge in [-0.25, -0.2) is 4.39 Å². The minimum absolute atomic E-state index is 0.0275. The number of ether oxygens (including phenoxy) is 1. The Morgan fingerprint density at radius 1 is 1.11 bits per heavy atom. The Bertz CT molecular complexity index is 974. The number of hydrogen-bond acceptors (Lipinski definition) is 7. The van der Waals surface area contributed by atoms with Gasteiger partial charge in [0.15, 0.2) is 5.82 Å². The number of nitrogens with one attached hydrogen (secondary N) is 3. The number of aromatic amines is 1. The molecule has 0 aliphatic carbocycles. The maximum Gasteiger partial charge on any atom is 0.231 e. The van der Waals surface area contributed by atoms with Crippen LogP contribution in [0.3, 0.4) is 0 Å². The lowest BCUT2D eigenvalue weighted by molar-refractivity contribution is 0.122. The Hall–Kier alpha value is -2.91. The zero-order chi connectivity index (χ0) is 19.5.